The summed E-state index contributed by atoms with van der Waals surface area (Å²) in [5, 5.41) is 15.0. The molecule has 0 aromatic heterocycles. The second-order valence-corrected chi connectivity index (χ2v) is 8.97. The molecule has 8 nitrogen and oxygen atoms in total. The van der Waals surface area contributed by atoms with Crippen molar-refractivity contribution in [1.82, 2.24) is 10.6 Å². The molecule has 0 unspecified atom stereocenters. The Morgan fingerprint density at radius 1 is 1.00 bits per heavy atom. The molecular formula is C25H33N3O5. The van der Waals surface area contributed by atoms with Gasteiger partial charge in [-0.2, -0.15) is 0 Å². The lowest BCUT2D eigenvalue weighted by molar-refractivity contribution is -0.128. The van der Waals surface area contributed by atoms with Gasteiger partial charge in [0.25, 0.3) is 0 Å². The number of hydrogen-bond donors (Lipinski definition) is 4. The third-order valence-electron chi connectivity index (χ3n) is 5.05. The first-order chi connectivity index (χ1) is 15.5. The smallest absolute Gasteiger partial charge is 0.407 e. The molecule has 0 aliphatic carbocycles. The molecule has 2 aromatic carbocycles. The van der Waals surface area contributed by atoms with Crippen LogP contribution in [0.1, 0.15) is 43.9 Å². The van der Waals surface area contributed by atoms with Crippen LogP contribution in [0.4, 0.5) is 4.79 Å². The maximum atomic E-state index is 12.3. The Bertz CT molecular complexity index is 923. The third-order valence-corrected chi connectivity index (χ3v) is 5.05. The van der Waals surface area contributed by atoms with Crippen molar-refractivity contribution in [3.8, 4) is 0 Å². The van der Waals surface area contributed by atoms with Crippen LogP contribution in [0.2, 0.25) is 0 Å². The van der Waals surface area contributed by atoms with Crippen LogP contribution < -0.4 is 16.4 Å². The lowest BCUT2D eigenvalue weighted by atomic mass is 9.86. The van der Waals surface area contributed by atoms with Crippen LogP contribution in [0.3, 0.4) is 0 Å². The molecule has 3 amide bonds. The van der Waals surface area contributed by atoms with E-state index in [-0.39, 0.29) is 31.4 Å². The number of aliphatic hydroxyl groups is 1. The Morgan fingerprint density at radius 2 is 1.64 bits per heavy atom. The SMILES string of the molecule is CC(C)(C)c1ccc(C[C@@H](NC(=O)C[C@H](O)CNC(=O)OCc2ccccc2)C(N)=O)cc1. The van der Waals surface area contributed by atoms with Crippen LogP contribution in [-0.2, 0) is 32.8 Å². The Morgan fingerprint density at radius 3 is 2.21 bits per heavy atom. The van der Waals surface area contributed by atoms with Crippen LogP contribution in [0, 0.1) is 0 Å². The Labute approximate surface area is 194 Å². The van der Waals surface area contributed by atoms with Crippen molar-refractivity contribution in [2.75, 3.05) is 6.54 Å². The minimum absolute atomic E-state index is 0.00791. The van der Waals surface area contributed by atoms with Gasteiger partial charge in [-0.05, 0) is 22.1 Å². The van der Waals surface area contributed by atoms with E-state index in [1.54, 1.807) is 0 Å². The van der Waals surface area contributed by atoms with E-state index in [9.17, 15) is 19.5 Å². The zero-order chi connectivity index (χ0) is 24.4. The van der Waals surface area contributed by atoms with Crippen molar-refractivity contribution in [3.05, 3.63) is 71.3 Å². The average Bonchev–Trinajstić information content (AvgIpc) is 2.76. The number of amides is 3. The van der Waals surface area contributed by atoms with Crippen LogP contribution in [0.15, 0.2) is 54.6 Å². The summed E-state index contributed by atoms with van der Waals surface area (Å²) >= 11 is 0. The first kappa shape index (κ1) is 25.9. The Kier molecular flexibility index (Phi) is 9.42. The maximum Gasteiger partial charge on any atom is 0.407 e. The number of benzene rings is 2. The molecule has 0 saturated carbocycles. The van der Waals surface area contributed by atoms with Gasteiger partial charge in [-0.3, -0.25) is 9.59 Å². The molecule has 178 valence electrons. The van der Waals surface area contributed by atoms with Gasteiger partial charge in [0, 0.05) is 13.0 Å². The summed E-state index contributed by atoms with van der Waals surface area (Å²) in [4.78, 5) is 35.9. The summed E-state index contributed by atoms with van der Waals surface area (Å²) in [5.74, 6) is -1.21. The first-order valence-corrected chi connectivity index (χ1v) is 10.9. The van der Waals surface area contributed by atoms with E-state index < -0.39 is 30.1 Å². The minimum atomic E-state index is -1.14. The van der Waals surface area contributed by atoms with Crippen molar-refractivity contribution in [2.45, 2.75) is 57.8 Å². The van der Waals surface area contributed by atoms with Crippen molar-refractivity contribution < 1.29 is 24.2 Å². The summed E-state index contributed by atoms with van der Waals surface area (Å²) in [6.45, 7) is 6.25. The number of alkyl carbamates (subject to hydrolysis) is 1. The average molecular weight is 456 g/mol. The van der Waals surface area contributed by atoms with E-state index in [0.717, 1.165) is 16.7 Å². The van der Waals surface area contributed by atoms with Crippen LogP contribution >= 0.6 is 0 Å². The molecule has 2 aromatic rings. The van der Waals surface area contributed by atoms with E-state index in [1.807, 2.05) is 54.6 Å². The van der Waals surface area contributed by atoms with Gasteiger partial charge in [0.15, 0.2) is 0 Å². The normalized spacial score (nSPS) is 13.0. The molecule has 8 heteroatoms. The van der Waals surface area contributed by atoms with Crippen LogP contribution in [0.25, 0.3) is 0 Å². The quantitative estimate of drug-likeness (QED) is 0.436. The molecule has 0 aliphatic rings. The summed E-state index contributed by atoms with van der Waals surface area (Å²) in [6.07, 6.45) is -1.90. The minimum Gasteiger partial charge on any atom is -0.445 e. The highest BCUT2D eigenvalue weighted by Crippen LogP contribution is 2.22. The first-order valence-electron chi connectivity index (χ1n) is 10.9. The second-order valence-electron chi connectivity index (χ2n) is 8.97. The fourth-order valence-electron chi connectivity index (χ4n) is 3.11. The maximum absolute atomic E-state index is 12.3. The van der Waals surface area contributed by atoms with Gasteiger partial charge in [-0.1, -0.05) is 75.4 Å². The number of nitrogens with two attached hydrogens (primary N) is 1. The highest BCUT2D eigenvalue weighted by Gasteiger charge is 2.21. The Hall–Kier alpha value is -3.39. The molecule has 0 aliphatic heterocycles. The molecule has 0 saturated heterocycles. The van der Waals surface area contributed by atoms with Gasteiger partial charge in [-0.25, -0.2) is 4.79 Å². The predicted molar refractivity (Wildman–Crippen MR) is 125 cm³/mol. The summed E-state index contributed by atoms with van der Waals surface area (Å²) in [7, 11) is 0. The molecule has 0 heterocycles. The molecule has 5 N–H and O–H groups in total. The highest BCUT2D eigenvalue weighted by molar-refractivity contribution is 5.87. The van der Waals surface area contributed by atoms with Gasteiger partial charge in [-0.15, -0.1) is 0 Å². The molecule has 0 spiro atoms. The van der Waals surface area contributed by atoms with Crippen LogP contribution in [0.5, 0.6) is 0 Å². The molecular weight excluding hydrogens is 422 g/mol. The number of ether oxygens (including phenoxy) is 1. The van der Waals surface area contributed by atoms with Gasteiger partial charge < -0.3 is 26.2 Å². The molecule has 0 fully saturated rings. The summed E-state index contributed by atoms with van der Waals surface area (Å²) < 4.78 is 5.05. The van der Waals surface area contributed by atoms with Gasteiger partial charge in [0.2, 0.25) is 11.8 Å². The second kappa shape index (κ2) is 12.0. The monoisotopic (exact) mass is 455 g/mol. The van der Waals surface area contributed by atoms with E-state index in [1.165, 1.54) is 0 Å². The third kappa shape index (κ3) is 9.33. The van der Waals surface area contributed by atoms with E-state index in [4.69, 9.17) is 10.5 Å². The van der Waals surface area contributed by atoms with E-state index >= 15 is 0 Å². The number of aliphatic hydroxyl groups excluding tert-OH is 1. The zero-order valence-corrected chi connectivity index (χ0v) is 19.3. The molecule has 33 heavy (non-hydrogen) atoms. The van der Waals surface area contributed by atoms with E-state index in [0.29, 0.717) is 0 Å². The lowest BCUT2D eigenvalue weighted by Crippen LogP contribution is -2.47. The molecule has 2 rings (SSSR count). The predicted octanol–water partition coefficient (Wildman–Crippen LogP) is 2.17. The number of nitrogens with one attached hydrogen (secondary N) is 2. The van der Waals surface area contributed by atoms with E-state index in [2.05, 4.69) is 31.4 Å². The Balaban J connectivity index is 1.77. The van der Waals surface area contributed by atoms with Crippen LogP contribution in [-0.4, -0.2) is 41.7 Å². The number of primary amides is 1. The number of hydrogen-bond acceptors (Lipinski definition) is 5. The van der Waals surface area contributed by atoms with Crippen molar-refractivity contribution in [1.29, 1.82) is 0 Å². The topological polar surface area (TPSA) is 131 Å². The number of carbonyl (C=O) groups excluding carboxylic acids is 3. The van der Waals surface area contributed by atoms with Crippen molar-refractivity contribution >= 4 is 17.9 Å². The van der Waals surface area contributed by atoms with Crippen molar-refractivity contribution in [3.63, 3.8) is 0 Å². The largest absolute Gasteiger partial charge is 0.445 e. The molecule has 0 bridgehead atoms. The molecule has 2 atom stereocenters. The fourth-order valence-corrected chi connectivity index (χ4v) is 3.11. The molecule has 0 radical (unpaired) electrons. The number of carbonyl (C=O) groups is 3. The standard InChI is InChI=1S/C25H33N3O5/c1-25(2,3)19-11-9-17(10-12-19)13-21(23(26)31)28-22(30)14-20(29)15-27-24(32)33-16-18-7-5-4-6-8-18/h4-12,20-21,29H,13-16H2,1-3H3,(H2,26,31)(H,27,32)(H,28,30)/t20-,21+/m0/s1. The highest BCUT2D eigenvalue weighted by atomic mass is 16.5. The van der Waals surface area contributed by atoms with Gasteiger partial charge >= 0.3 is 6.09 Å². The van der Waals surface area contributed by atoms with Gasteiger partial charge in [0.1, 0.15) is 12.6 Å². The lowest BCUT2D eigenvalue weighted by Gasteiger charge is -2.20. The summed E-state index contributed by atoms with van der Waals surface area (Å²) in [5.41, 5.74) is 8.31. The van der Waals surface area contributed by atoms with Crippen molar-refractivity contribution in [2.24, 2.45) is 5.73 Å². The zero-order valence-electron chi connectivity index (χ0n) is 19.3. The summed E-state index contributed by atoms with van der Waals surface area (Å²) in [6, 6.07) is 16.0. The fraction of sp³-hybridized carbons (Fsp3) is 0.400. The number of rotatable bonds is 10. The van der Waals surface area contributed by atoms with Gasteiger partial charge in [0.05, 0.1) is 12.5 Å².